The lowest BCUT2D eigenvalue weighted by Crippen LogP contribution is -2.32. The number of nitrogens with zero attached hydrogens (tertiary/aromatic N) is 1. The summed E-state index contributed by atoms with van der Waals surface area (Å²) in [7, 11) is 0. The fraction of sp³-hybridized carbons (Fsp3) is 0. The molecule has 0 bridgehead atoms. The Balaban J connectivity index is 2.59. The molecule has 1 aromatic heterocycles. The van der Waals surface area contributed by atoms with E-state index in [4.69, 9.17) is 5.11 Å². The molecule has 0 fully saturated rings. The van der Waals surface area contributed by atoms with E-state index in [1.807, 2.05) is 4.98 Å². The van der Waals surface area contributed by atoms with Crippen molar-refractivity contribution in [3.63, 3.8) is 0 Å². The number of para-hydroxylation sites is 1. The van der Waals surface area contributed by atoms with Gasteiger partial charge in [0.2, 0.25) is 0 Å². The van der Waals surface area contributed by atoms with Crippen molar-refractivity contribution in [1.29, 1.82) is 0 Å². The summed E-state index contributed by atoms with van der Waals surface area (Å²) >= 11 is 0. The van der Waals surface area contributed by atoms with E-state index < -0.39 is 17.3 Å². The number of benzene rings is 1. The quantitative estimate of drug-likeness (QED) is 0.732. The van der Waals surface area contributed by atoms with Crippen molar-refractivity contribution in [1.82, 2.24) is 9.97 Å². The Labute approximate surface area is 100 Å². The molecule has 18 heavy (non-hydrogen) atoms. The van der Waals surface area contributed by atoms with Crippen molar-refractivity contribution in [3.05, 3.63) is 57.4 Å². The predicted molar refractivity (Wildman–Crippen MR) is 64.3 cm³/mol. The van der Waals surface area contributed by atoms with Gasteiger partial charge in [-0.2, -0.15) is 0 Å². The maximum absolute atomic E-state index is 11.6. The lowest BCUT2D eigenvalue weighted by Gasteiger charge is -2.17. The van der Waals surface area contributed by atoms with Gasteiger partial charge in [0, 0.05) is 6.20 Å². The molecule has 0 saturated carbocycles. The van der Waals surface area contributed by atoms with Gasteiger partial charge in [-0.1, -0.05) is 18.2 Å². The summed E-state index contributed by atoms with van der Waals surface area (Å²) in [5.74, 6) is 0. The van der Waals surface area contributed by atoms with Crippen LogP contribution in [0.25, 0.3) is 0 Å². The summed E-state index contributed by atoms with van der Waals surface area (Å²) in [6.45, 7) is 0. The fourth-order valence-corrected chi connectivity index (χ4v) is 1.50. The molecular formula is C11H9N3O4. The van der Waals surface area contributed by atoms with Gasteiger partial charge in [0.25, 0.3) is 5.56 Å². The Morgan fingerprint density at radius 2 is 1.83 bits per heavy atom. The first kappa shape index (κ1) is 11.6. The third-order valence-electron chi connectivity index (χ3n) is 2.25. The first-order valence-electron chi connectivity index (χ1n) is 4.99. The number of nitrogens with one attached hydrogen (secondary N) is 2. The zero-order valence-corrected chi connectivity index (χ0v) is 9.08. The maximum Gasteiger partial charge on any atom is 0.416 e. The van der Waals surface area contributed by atoms with Gasteiger partial charge < -0.3 is 10.1 Å². The number of rotatable bonds is 2. The number of H-pyrrole nitrogens is 2. The molecule has 0 radical (unpaired) electrons. The van der Waals surface area contributed by atoms with Gasteiger partial charge in [0.05, 0.1) is 5.69 Å². The van der Waals surface area contributed by atoms with Crippen molar-refractivity contribution in [2.75, 3.05) is 4.90 Å². The first-order chi connectivity index (χ1) is 8.59. The molecule has 2 aromatic rings. The Morgan fingerprint density at radius 1 is 1.17 bits per heavy atom. The number of anilines is 2. The van der Waals surface area contributed by atoms with E-state index in [-0.39, 0.29) is 5.69 Å². The van der Waals surface area contributed by atoms with Crippen molar-refractivity contribution >= 4 is 17.5 Å². The summed E-state index contributed by atoms with van der Waals surface area (Å²) in [4.78, 5) is 38.7. The lowest BCUT2D eigenvalue weighted by atomic mass is 10.3. The second-order valence-electron chi connectivity index (χ2n) is 3.41. The minimum absolute atomic E-state index is 0.173. The Kier molecular flexibility index (Phi) is 2.96. The number of hydrogen-bond acceptors (Lipinski definition) is 3. The fourth-order valence-electron chi connectivity index (χ4n) is 1.50. The molecule has 7 nitrogen and oxygen atoms in total. The molecule has 3 N–H and O–H groups in total. The zero-order chi connectivity index (χ0) is 13.1. The largest absolute Gasteiger partial charge is 0.464 e. The van der Waals surface area contributed by atoms with Crippen LogP contribution in [0.1, 0.15) is 0 Å². The lowest BCUT2D eigenvalue weighted by molar-refractivity contribution is 0.204. The van der Waals surface area contributed by atoms with Gasteiger partial charge in [-0.3, -0.25) is 9.78 Å². The number of aromatic amines is 2. The van der Waals surface area contributed by atoms with Crippen LogP contribution in [0.4, 0.5) is 16.2 Å². The summed E-state index contributed by atoms with van der Waals surface area (Å²) < 4.78 is 0. The third-order valence-corrected chi connectivity index (χ3v) is 2.25. The van der Waals surface area contributed by atoms with Crippen molar-refractivity contribution < 1.29 is 9.90 Å². The Morgan fingerprint density at radius 3 is 2.39 bits per heavy atom. The van der Waals surface area contributed by atoms with Gasteiger partial charge in [-0.05, 0) is 12.1 Å². The number of amides is 1. The monoisotopic (exact) mass is 247 g/mol. The zero-order valence-electron chi connectivity index (χ0n) is 9.08. The Bertz CT molecular complexity index is 674. The third kappa shape index (κ3) is 2.14. The van der Waals surface area contributed by atoms with Crippen molar-refractivity contribution in [2.45, 2.75) is 0 Å². The molecule has 0 spiro atoms. The average molecular weight is 247 g/mol. The molecular weight excluding hydrogens is 238 g/mol. The van der Waals surface area contributed by atoms with Gasteiger partial charge in [-0.15, -0.1) is 0 Å². The van der Waals surface area contributed by atoms with Crippen LogP contribution in [0.3, 0.4) is 0 Å². The minimum Gasteiger partial charge on any atom is -0.464 e. The van der Waals surface area contributed by atoms with E-state index in [0.29, 0.717) is 5.69 Å². The van der Waals surface area contributed by atoms with Crippen molar-refractivity contribution in [3.8, 4) is 0 Å². The van der Waals surface area contributed by atoms with Crippen LogP contribution in [0.2, 0.25) is 0 Å². The van der Waals surface area contributed by atoms with E-state index in [1.54, 1.807) is 30.3 Å². The van der Waals surface area contributed by atoms with Gasteiger partial charge >= 0.3 is 11.8 Å². The van der Waals surface area contributed by atoms with E-state index in [1.165, 1.54) is 0 Å². The standard InChI is InChI=1S/C11H9N3O4/c15-9-8(6-12-10(16)13-9)14(11(17)18)7-4-2-1-3-5-7/h1-6H,(H,17,18)(H2,12,13,15,16). The second kappa shape index (κ2) is 4.58. The van der Waals surface area contributed by atoms with Crippen LogP contribution in [0.5, 0.6) is 0 Å². The Hall–Kier alpha value is -2.83. The highest BCUT2D eigenvalue weighted by molar-refractivity contribution is 5.94. The summed E-state index contributed by atoms with van der Waals surface area (Å²) in [6, 6.07) is 8.09. The SMILES string of the molecule is O=C(O)N(c1ccccc1)c1c[nH]c(=O)[nH]c1=O. The van der Waals surface area contributed by atoms with Gasteiger partial charge in [0.1, 0.15) is 5.69 Å². The van der Waals surface area contributed by atoms with E-state index >= 15 is 0 Å². The smallest absolute Gasteiger partial charge is 0.416 e. The predicted octanol–water partition coefficient (Wildman–Crippen LogP) is 0.879. The summed E-state index contributed by atoms with van der Waals surface area (Å²) in [6.07, 6.45) is -0.263. The number of hydrogen-bond donors (Lipinski definition) is 3. The normalized spacial score (nSPS) is 10.0. The van der Waals surface area contributed by atoms with E-state index in [9.17, 15) is 14.4 Å². The summed E-state index contributed by atoms with van der Waals surface area (Å²) in [5.41, 5.74) is -1.33. The molecule has 1 aromatic carbocycles. The molecule has 0 unspecified atom stereocenters. The minimum atomic E-state index is -1.32. The summed E-state index contributed by atoms with van der Waals surface area (Å²) in [5, 5.41) is 9.15. The van der Waals surface area contributed by atoms with Gasteiger partial charge in [0.15, 0.2) is 0 Å². The molecule has 1 amide bonds. The van der Waals surface area contributed by atoms with Gasteiger partial charge in [-0.25, -0.2) is 14.5 Å². The van der Waals surface area contributed by atoms with Crippen LogP contribution >= 0.6 is 0 Å². The highest BCUT2D eigenvalue weighted by Gasteiger charge is 2.19. The number of carboxylic acid groups (broad SMARTS) is 1. The van der Waals surface area contributed by atoms with Crippen LogP contribution in [-0.4, -0.2) is 21.2 Å². The molecule has 92 valence electrons. The molecule has 0 aliphatic carbocycles. The molecule has 0 atom stereocenters. The van der Waals surface area contributed by atoms with E-state index in [2.05, 4.69) is 4.98 Å². The van der Waals surface area contributed by atoms with Crippen LogP contribution in [-0.2, 0) is 0 Å². The maximum atomic E-state index is 11.6. The molecule has 0 aliphatic rings. The van der Waals surface area contributed by atoms with E-state index in [0.717, 1.165) is 11.1 Å². The van der Waals surface area contributed by atoms with Crippen molar-refractivity contribution in [2.24, 2.45) is 0 Å². The molecule has 7 heteroatoms. The highest BCUT2D eigenvalue weighted by Crippen LogP contribution is 2.20. The van der Waals surface area contributed by atoms with Crippen LogP contribution in [0.15, 0.2) is 46.1 Å². The average Bonchev–Trinajstić information content (AvgIpc) is 2.33. The second-order valence-corrected chi connectivity index (χ2v) is 3.41. The molecule has 2 rings (SSSR count). The van der Waals surface area contributed by atoms with Crippen LogP contribution < -0.4 is 16.1 Å². The number of carbonyl (C=O) groups is 1. The number of aromatic nitrogens is 2. The van der Waals surface area contributed by atoms with Crippen LogP contribution in [0, 0.1) is 0 Å². The highest BCUT2D eigenvalue weighted by atomic mass is 16.4. The molecule has 0 aliphatic heterocycles. The molecule has 0 saturated heterocycles. The molecule has 1 heterocycles. The first-order valence-corrected chi connectivity index (χ1v) is 4.99. The topological polar surface area (TPSA) is 106 Å².